The van der Waals surface area contributed by atoms with Gasteiger partial charge in [0, 0.05) is 52.6 Å². The molecule has 6 heteroatoms. The first-order valence-electron chi connectivity index (χ1n) is 9.20. The van der Waals surface area contributed by atoms with E-state index in [1.807, 2.05) is 19.2 Å². The van der Waals surface area contributed by atoms with Crippen LogP contribution in [0.5, 0.6) is 5.75 Å². The van der Waals surface area contributed by atoms with E-state index < -0.39 is 4.92 Å². The maximum atomic E-state index is 11.0. The van der Waals surface area contributed by atoms with Crippen molar-refractivity contribution in [1.29, 1.82) is 0 Å². The summed E-state index contributed by atoms with van der Waals surface area (Å²) < 4.78 is 2.14. The van der Waals surface area contributed by atoms with Crippen molar-refractivity contribution in [2.24, 2.45) is 7.05 Å². The average molecular weight is 383 g/mol. The second-order valence-corrected chi connectivity index (χ2v) is 7.22. The molecule has 1 N–H and O–H groups in total. The number of aryl methyl sites for hydroxylation is 2. The number of rotatable bonds is 2. The summed E-state index contributed by atoms with van der Waals surface area (Å²) in [5.74, 6) is 0.226. The number of hydrogen-bond acceptors (Lipinski definition) is 4. The van der Waals surface area contributed by atoms with Crippen LogP contribution in [0.25, 0.3) is 43.8 Å². The average Bonchev–Trinajstić information content (AvgIpc) is 2.99. The third-order valence-electron chi connectivity index (χ3n) is 5.61. The van der Waals surface area contributed by atoms with Gasteiger partial charge in [0.15, 0.2) is 0 Å². The molecule has 0 radical (unpaired) electrons. The molecule has 0 atom stereocenters. The Morgan fingerprint density at radius 2 is 1.72 bits per heavy atom. The van der Waals surface area contributed by atoms with Crippen molar-refractivity contribution in [3.05, 3.63) is 76.5 Å². The van der Waals surface area contributed by atoms with Crippen molar-refractivity contribution in [3.63, 3.8) is 0 Å². The van der Waals surface area contributed by atoms with E-state index in [0.717, 1.165) is 49.4 Å². The van der Waals surface area contributed by atoms with Gasteiger partial charge in [0.05, 0.1) is 16.1 Å². The zero-order valence-electron chi connectivity index (χ0n) is 15.9. The molecule has 5 rings (SSSR count). The van der Waals surface area contributed by atoms with Crippen molar-refractivity contribution in [1.82, 2.24) is 9.55 Å². The minimum absolute atomic E-state index is 0.0529. The molecule has 0 unspecified atom stereocenters. The number of nitrogens with zero attached hydrogens (tertiary/aromatic N) is 3. The van der Waals surface area contributed by atoms with Crippen LogP contribution in [0.15, 0.2) is 60.8 Å². The minimum Gasteiger partial charge on any atom is -0.508 e. The smallest absolute Gasteiger partial charge is 0.269 e. The molecule has 0 aliphatic heterocycles. The summed E-state index contributed by atoms with van der Waals surface area (Å²) >= 11 is 0. The SMILES string of the molecule is Cc1c2ccnc(-c3ccc([N+](=O)[O-])cc3)c2cc2c3cc(O)ccc3n(C)c12. The van der Waals surface area contributed by atoms with Crippen molar-refractivity contribution >= 4 is 38.3 Å². The molecule has 142 valence electrons. The number of hydrogen-bond donors (Lipinski definition) is 1. The summed E-state index contributed by atoms with van der Waals surface area (Å²) in [5, 5.41) is 25.1. The predicted molar refractivity (Wildman–Crippen MR) is 114 cm³/mol. The van der Waals surface area contributed by atoms with Gasteiger partial charge in [0.25, 0.3) is 5.69 Å². The Bertz CT molecular complexity index is 1450. The van der Waals surface area contributed by atoms with Crippen LogP contribution in [0.1, 0.15) is 5.56 Å². The van der Waals surface area contributed by atoms with Crippen molar-refractivity contribution < 1.29 is 10.0 Å². The van der Waals surface area contributed by atoms with Gasteiger partial charge in [-0.15, -0.1) is 0 Å². The number of nitro groups is 1. The molecule has 0 saturated carbocycles. The topological polar surface area (TPSA) is 81.2 Å². The Labute approximate surface area is 165 Å². The maximum absolute atomic E-state index is 11.0. The maximum Gasteiger partial charge on any atom is 0.269 e. The number of pyridine rings is 1. The van der Waals surface area contributed by atoms with Gasteiger partial charge in [-0.05, 0) is 60.3 Å². The van der Waals surface area contributed by atoms with E-state index >= 15 is 0 Å². The van der Waals surface area contributed by atoms with E-state index in [4.69, 9.17) is 0 Å². The van der Waals surface area contributed by atoms with Crippen LogP contribution >= 0.6 is 0 Å². The summed E-state index contributed by atoms with van der Waals surface area (Å²) in [4.78, 5) is 15.1. The van der Waals surface area contributed by atoms with Gasteiger partial charge < -0.3 is 9.67 Å². The molecular weight excluding hydrogens is 366 g/mol. The molecule has 0 aliphatic rings. The lowest BCUT2D eigenvalue weighted by Crippen LogP contribution is -1.93. The summed E-state index contributed by atoms with van der Waals surface area (Å²) in [6, 6.07) is 15.9. The zero-order valence-corrected chi connectivity index (χ0v) is 15.9. The van der Waals surface area contributed by atoms with E-state index in [9.17, 15) is 15.2 Å². The quantitative estimate of drug-likeness (QED) is 0.324. The molecule has 6 nitrogen and oxygen atoms in total. The van der Waals surface area contributed by atoms with Crippen LogP contribution in [-0.2, 0) is 7.05 Å². The predicted octanol–water partition coefficient (Wildman–Crippen LogP) is 5.47. The molecule has 29 heavy (non-hydrogen) atoms. The molecule has 0 fully saturated rings. The third-order valence-corrected chi connectivity index (χ3v) is 5.61. The second kappa shape index (κ2) is 6.04. The van der Waals surface area contributed by atoms with Gasteiger partial charge >= 0.3 is 0 Å². The van der Waals surface area contributed by atoms with Crippen LogP contribution in [0.4, 0.5) is 5.69 Å². The second-order valence-electron chi connectivity index (χ2n) is 7.22. The Balaban J connectivity index is 1.87. The molecule has 0 aliphatic carbocycles. The van der Waals surface area contributed by atoms with Crippen molar-refractivity contribution in [3.8, 4) is 17.0 Å². The number of fused-ring (bicyclic) bond motifs is 4. The fraction of sp³-hybridized carbons (Fsp3) is 0.0870. The van der Waals surface area contributed by atoms with E-state index in [1.54, 1.807) is 30.5 Å². The molecule has 2 heterocycles. The Kier molecular flexibility index (Phi) is 3.58. The van der Waals surface area contributed by atoms with Gasteiger partial charge in [0.2, 0.25) is 0 Å². The highest BCUT2D eigenvalue weighted by Crippen LogP contribution is 2.38. The molecule has 3 aromatic carbocycles. The molecular formula is C23H17N3O3. The highest BCUT2D eigenvalue weighted by Gasteiger charge is 2.16. The number of aromatic hydroxyl groups is 1. The normalized spacial score (nSPS) is 11.5. The van der Waals surface area contributed by atoms with Crippen molar-refractivity contribution in [2.45, 2.75) is 6.92 Å². The Morgan fingerprint density at radius 1 is 0.966 bits per heavy atom. The van der Waals surface area contributed by atoms with Crippen LogP contribution < -0.4 is 0 Å². The van der Waals surface area contributed by atoms with E-state index in [2.05, 4.69) is 22.5 Å². The highest BCUT2D eigenvalue weighted by atomic mass is 16.6. The van der Waals surface area contributed by atoms with Crippen LogP contribution in [0.3, 0.4) is 0 Å². The van der Waals surface area contributed by atoms with E-state index in [-0.39, 0.29) is 11.4 Å². The summed E-state index contributed by atoms with van der Waals surface area (Å²) in [7, 11) is 2.03. The summed E-state index contributed by atoms with van der Waals surface area (Å²) in [6.07, 6.45) is 1.77. The Hall–Kier alpha value is -3.93. The molecule has 0 saturated heterocycles. The fourth-order valence-corrected chi connectivity index (χ4v) is 4.25. The van der Waals surface area contributed by atoms with E-state index in [0.29, 0.717) is 0 Å². The van der Waals surface area contributed by atoms with Gasteiger partial charge in [0.1, 0.15) is 5.75 Å². The summed E-state index contributed by atoms with van der Waals surface area (Å²) in [6.45, 7) is 2.09. The van der Waals surface area contributed by atoms with Crippen LogP contribution in [-0.4, -0.2) is 19.6 Å². The van der Waals surface area contributed by atoms with Gasteiger partial charge in [-0.1, -0.05) is 0 Å². The number of phenolic OH excluding ortho intramolecular Hbond substituents is 1. The standard InChI is InChI=1S/C23H17N3O3/c1-13-17-9-10-24-22(14-3-5-15(6-4-14)26(28)29)19(17)12-20-18-11-16(27)7-8-21(18)25(2)23(13)20/h3-12,27H,1-2H3. The fourth-order valence-electron chi connectivity index (χ4n) is 4.25. The third kappa shape index (κ3) is 2.46. The van der Waals surface area contributed by atoms with Gasteiger partial charge in [-0.2, -0.15) is 0 Å². The van der Waals surface area contributed by atoms with E-state index in [1.165, 1.54) is 12.1 Å². The first-order chi connectivity index (χ1) is 14.0. The lowest BCUT2D eigenvalue weighted by Gasteiger charge is -2.11. The number of non-ortho nitro benzene ring substituents is 1. The first kappa shape index (κ1) is 17.2. The lowest BCUT2D eigenvalue weighted by molar-refractivity contribution is -0.384. The molecule has 0 spiro atoms. The molecule has 0 amide bonds. The lowest BCUT2D eigenvalue weighted by atomic mass is 9.97. The highest BCUT2D eigenvalue weighted by molar-refractivity contribution is 6.16. The largest absolute Gasteiger partial charge is 0.508 e. The van der Waals surface area contributed by atoms with Gasteiger partial charge in [-0.25, -0.2) is 0 Å². The number of aromatic nitrogens is 2. The van der Waals surface area contributed by atoms with Crippen LogP contribution in [0, 0.1) is 17.0 Å². The molecule has 2 aromatic heterocycles. The van der Waals surface area contributed by atoms with Crippen LogP contribution in [0.2, 0.25) is 0 Å². The number of nitro benzene ring substituents is 1. The number of phenols is 1. The zero-order chi connectivity index (χ0) is 20.3. The molecule has 0 bridgehead atoms. The summed E-state index contributed by atoms with van der Waals surface area (Å²) in [5.41, 5.74) is 4.93. The number of benzene rings is 3. The molecule has 5 aromatic rings. The Morgan fingerprint density at radius 3 is 2.45 bits per heavy atom. The van der Waals surface area contributed by atoms with Gasteiger partial charge in [-0.3, -0.25) is 15.1 Å². The van der Waals surface area contributed by atoms with Crippen molar-refractivity contribution in [2.75, 3.05) is 0 Å². The monoisotopic (exact) mass is 383 g/mol. The first-order valence-corrected chi connectivity index (χ1v) is 9.20. The minimum atomic E-state index is -0.406.